The predicted octanol–water partition coefficient (Wildman–Crippen LogP) is 3.08. The molecule has 2 N–H and O–H groups in total. The Morgan fingerprint density at radius 3 is 2.69 bits per heavy atom. The SMILES string of the molecule is Cc1ccccc1C(=O)Nc1ccc2c(c1)C[C@H](C(=O)NC1CC1)CO2. The van der Waals surface area contributed by atoms with Crippen molar-refractivity contribution >= 4 is 17.5 Å². The van der Waals surface area contributed by atoms with Crippen LogP contribution in [-0.4, -0.2) is 24.5 Å². The van der Waals surface area contributed by atoms with Gasteiger partial charge in [0, 0.05) is 17.3 Å². The van der Waals surface area contributed by atoms with Gasteiger partial charge in [0.05, 0.1) is 5.92 Å². The summed E-state index contributed by atoms with van der Waals surface area (Å²) in [5.41, 5.74) is 3.25. The van der Waals surface area contributed by atoms with Gasteiger partial charge in [0.1, 0.15) is 12.4 Å². The highest BCUT2D eigenvalue weighted by Crippen LogP contribution is 2.31. The molecule has 1 aliphatic carbocycles. The molecule has 1 atom stereocenters. The highest BCUT2D eigenvalue weighted by atomic mass is 16.5. The molecular weight excluding hydrogens is 328 g/mol. The number of amides is 2. The van der Waals surface area contributed by atoms with Crippen LogP contribution in [0.15, 0.2) is 42.5 Å². The largest absolute Gasteiger partial charge is 0.492 e. The molecule has 1 heterocycles. The Kier molecular flexibility index (Phi) is 4.37. The summed E-state index contributed by atoms with van der Waals surface area (Å²) in [7, 11) is 0. The van der Waals surface area contributed by atoms with Gasteiger partial charge in [-0.05, 0) is 61.6 Å². The number of hydrogen-bond donors (Lipinski definition) is 2. The summed E-state index contributed by atoms with van der Waals surface area (Å²) in [5, 5.41) is 5.98. The fourth-order valence-electron chi connectivity index (χ4n) is 3.21. The van der Waals surface area contributed by atoms with E-state index in [9.17, 15) is 9.59 Å². The summed E-state index contributed by atoms with van der Waals surface area (Å²) >= 11 is 0. The van der Waals surface area contributed by atoms with Crippen LogP contribution in [0.3, 0.4) is 0 Å². The third kappa shape index (κ3) is 3.57. The number of carbonyl (C=O) groups is 2. The van der Waals surface area contributed by atoms with Crippen LogP contribution >= 0.6 is 0 Å². The molecule has 0 bridgehead atoms. The molecule has 134 valence electrons. The standard InChI is InChI=1S/C21H22N2O3/c1-13-4-2-3-5-18(13)21(25)23-17-8-9-19-14(11-17)10-15(12-26-19)20(24)22-16-6-7-16/h2-5,8-9,11,15-16H,6-7,10,12H2,1H3,(H,22,24)(H,23,25)/t15-/m0/s1. The molecule has 0 radical (unpaired) electrons. The van der Waals surface area contributed by atoms with Crippen molar-refractivity contribution < 1.29 is 14.3 Å². The van der Waals surface area contributed by atoms with Gasteiger partial charge in [-0.3, -0.25) is 9.59 Å². The zero-order chi connectivity index (χ0) is 18.1. The highest BCUT2D eigenvalue weighted by Gasteiger charge is 2.30. The average Bonchev–Trinajstić information content (AvgIpc) is 3.45. The quantitative estimate of drug-likeness (QED) is 0.890. The molecule has 1 fully saturated rings. The lowest BCUT2D eigenvalue weighted by Gasteiger charge is -2.25. The average molecular weight is 350 g/mol. The Bertz CT molecular complexity index is 858. The van der Waals surface area contributed by atoms with Crippen LogP contribution in [0, 0.1) is 12.8 Å². The molecule has 2 aliphatic rings. The minimum Gasteiger partial charge on any atom is -0.492 e. The first-order valence-corrected chi connectivity index (χ1v) is 9.03. The molecule has 4 rings (SSSR count). The molecule has 26 heavy (non-hydrogen) atoms. The fourth-order valence-corrected chi connectivity index (χ4v) is 3.21. The molecule has 2 amide bonds. The van der Waals surface area contributed by atoms with Crippen molar-refractivity contribution in [2.75, 3.05) is 11.9 Å². The molecule has 1 aliphatic heterocycles. The van der Waals surface area contributed by atoms with E-state index in [0.29, 0.717) is 30.3 Å². The summed E-state index contributed by atoms with van der Waals surface area (Å²) < 4.78 is 5.75. The maximum atomic E-state index is 12.5. The first-order valence-electron chi connectivity index (χ1n) is 9.03. The molecule has 0 saturated heterocycles. The van der Waals surface area contributed by atoms with Gasteiger partial charge in [0.25, 0.3) is 5.91 Å². The summed E-state index contributed by atoms with van der Waals surface area (Å²) in [5.74, 6) is 0.537. The van der Waals surface area contributed by atoms with E-state index in [1.54, 1.807) is 0 Å². The second kappa shape index (κ2) is 6.83. The van der Waals surface area contributed by atoms with Gasteiger partial charge in [-0.25, -0.2) is 0 Å². The summed E-state index contributed by atoms with van der Waals surface area (Å²) in [6.07, 6.45) is 2.78. The minimum atomic E-state index is -0.176. The van der Waals surface area contributed by atoms with Crippen LogP contribution in [0.4, 0.5) is 5.69 Å². The number of aryl methyl sites for hydroxylation is 1. The Morgan fingerprint density at radius 2 is 1.92 bits per heavy atom. The highest BCUT2D eigenvalue weighted by molar-refractivity contribution is 6.05. The lowest BCUT2D eigenvalue weighted by molar-refractivity contribution is -0.126. The number of ether oxygens (including phenoxy) is 1. The molecule has 0 spiro atoms. The van der Waals surface area contributed by atoms with E-state index >= 15 is 0 Å². The van der Waals surface area contributed by atoms with E-state index in [4.69, 9.17) is 4.74 Å². The maximum Gasteiger partial charge on any atom is 0.255 e. The second-order valence-corrected chi connectivity index (χ2v) is 7.09. The molecule has 1 saturated carbocycles. The molecule has 0 aromatic heterocycles. The van der Waals surface area contributed by atoms with E-state index in [1.165, 1.54) is 0 Å². The van der Waals surface area contributed by atoms with Crippen molar-refractivity contribution in [1.82, 2.24) is 5.32 Å². The van der Waals surface area contributed by atoms with E-state index in [0.717, 1.165) is 29.7 Å². The molecule has 5 heteroatoms. The summed E-state index contributed by atoms with van der Waals surface area (Å²) in [4.78, 5) is 24.8. The van der Waals surface area contributed by atoms with Gasteiger partial charge in [-0.2, -0.15) is 0 Å². The summed E-state index contributed by atoms with van der Waals surface area (Å²) in [6.45, 7) is 2.32. The van der Waals surface area contributed by atoms with Crippen LogP contribution in [-0.2, 0) is 11.2 Å². The maximum absolute atomic E-state index is 12.5. The van der Waals surface area contributed by atoms with Gasteiger partial charge in [-0.1, -0.05) is 18.2 Å². The lowest BCUT2D eigenvalue weighted by Crippen LogP contribution is -2.38. The van der Waals surface area contributed by atoms with Crippen LogP contribution in [0.1, 0.15) is 34.3 Å². The van der Waals surface area contributed by atoms with Crippen molar-refractivity contribution in [3.8, 4) is 5.75 Å². The fraction of sp³-hybridized carbons (Fsp3) is 0.333. The number of nitrogens with one attached hydrogen (secondary N) is 2. The van der Waals surface area contributed by atoms with E-state index < -0.39 is 0 Å². The Morgan fingerprint density at radius 1 is 1.12 bits per heavy atom. The number of rotatable bonds is 4. The van der Waals surface area contributed by atoms with E-state index in [2.05, 4.69) is 10.6 Å². The van der Waals surface area contributed by atoms with Crippen LogP contribution in [0.2, 0.25) is 0 Å². The molecular formula is C21H22N2O3. The Balaban J connectivity index is 1.47. The normalized spacial score (nSPS) is 18.4. The number of fused-ring (bicyclic) bond motifs is 1. The van der Waals surface area contributed by atoms with Gasteiger partial charge < -0.3 is 15.4 Å². The van der Waals surface area contributed by atoms with E-state index in [-0.39, 0.29) is 17.7 Å². The number of carbonyl (C=O) groups excluding carboxylic acids is 2. The zero-order valence-electron chi connectivity index (χ0n) is 14.7. The zero-order valence-corrected chi connectivity index (χ0v) is 14.7. The first kappa shape index (κ1) is 16.6. The number of benzene rings is 2. The molecule has 0 unspecified atom stereocenters. The van der Waals surface area contributed by atoms with E-state index in [1.807, 2.05) is 49.4 Å². The Labute approximate surface area is 152 Å². The van der Waals surface area contributed by atoms with Gasteiger partial charge >= 0.3 is 0 Å². The van der Waals surface area contributed by atoms with Crippen LogP contribution < -0.4 is 15.4 Å². The third-order valence-electron chi connectivity index (χ3n) is 4.91. The van der Waals surface area contributed by atoms with Crippen LogP contribution in [0.25, 0.3) is 0 Å². The van der Waals surface area contributed by atoms with Crippen LogP contribution in [0.5, 0.6) is 5.75 Å². The van der Waals surface area contributed by atoms with Crippen molar-refractivity contribution in [2.45, 2.75) is 32.2 Å². The topological polar surface area (TPSA) is 67.4 Å². The second-order valence-electron chi connectivity index (χ2n) is 7.09. The van der Waals surface area contributed by atoms with Gasteiger partial charge in [-0.15, -0.1) is 0 Å². The monoisotopic (exact) mass is 350 g/mol. The number of hydrogen-bond acceptors (Lipinski definition) is 3. The van der Waals surface area contributed by atoms with Gasteiger partial charge in [0.15, 0.2) is 0 Å². The lowest BCUT2D eigenvalue weighted by atomic mass is 9.95. The van der Waals surface area contributed by atoms with Crippen molar-refractivity contribution in [1.29, 1.82) is 0 Å². The first-order chi connectivity index (χ1) is 12.6. The van der Waals surface area contributed by atoms with Gasteiger partial charge in [0.2, 0.25) is 5.91 Å². The molecule has 5 nitrogen and oxygen atoms in total. The number of anilines is 1. The smallest absolute Gasteiger partial charge is 0.255 e. The molecule has 2 aromatic rings. The predicted molar refractivity (Wildman–Crippen MR) is 99.4 cm³/mol. The Hall–Kier alpha value is -2.82. The summed E-state index contributed by atoms with van der Waals surface area (Å²) in [6, 6.07) is 13.4. The van der Waals surface area contributed by atoms with Crippen molar-refractivity contribution in [3.05, 3.63) is 59.2 Å². The molecule has 2 aromatic carbocycles. The third-order valence-corrected chi connectivity index (χ3v) is 4.91. The van der Waals surface area contributed by atoms with Crippen molar-refractivity contribution in [2.24, 2.45) is 5.92 Å². The van der Waals surface area contributed by atoms with Crippen molar-refractivity contribution in [3.63, 3.8) is 0 Å². The minimum absolute atomic E-state index is 0.0625.